The monoisotopic (exact) mass is 332 g/mol. The molecule has 0 aromatic heterocycles. The number of halogens is 1. The predicted octanol–water partition coefficient (Wildman–Crippen LogP) is 3.06. The van der Waals surface area contributed by atoms with Crippen molar-refractivity contribution < 1.29 is 14.3 Å². The Morgan fingerprint density at radius 2 is 1.74 bits per heavy atom. The first-order valence-electron chi connectivity index (χ1n) is 6.96. The first-order chi connectivity index (χ1) is 11.0. The number of nitrogens with zero attached hydrogens (tertiary/aromatic N) is 1. The van der Waals surface area contributed by atoms with Crippen molar-refractivity contribution in [2.75, 3.05) is 26.0 Å². The minimum absolute atomic E-state index is 0.0927. The Morgan fingerprint density at radius 3 is 2.35 bits per heavy atom. The molecule has 1 N–H and O–H groups in total. The fourth-order valence-electron chi connectivity index (χ4n) is 1.86. The summed E-state index contributed by atoms with van der Waals surface area (Å²) in [6.07, 6.45) is 0. The van der Waals surface area contributed by atoms with Gasteiger partial charge in [-0.1, -0.05) is 23.7 Å². The fourth-order valence-corrected chi connectivity index (χ4v) is 2.05. The van der Waals surface area contributed by atoms with Crippen molar-refractivity contribution in [3.05, 3.63) is 59.1 Å². The molecule has 0 aliphatic heterocycles. The Hall–Kier alpha value is -2.53. The van der Waals surface area contributed by atoms with Gasteiger partial charge in [0.2, 0.25) is 0 Å². The molecule has 2 aromatic carbocycles. The number of para-hydroxylation sites is 1. The van der Waals surface area contributed by atoms with Gasteiger partial charge in [-0.3, -0.25) is 9.59 Å². The van der Waals surface area contributed by atoms with Gasteiger partial charge >= 0.3 is 0 Å². The first kappa shape index (κ1) is 16.8. The highest BCUT2D eigenvalue weighted by Gasteiger charge is 2.09. The molecule has 0 unspecified atom stereocenters. The van der Waals surface area contributed by atoms with E-state index in [1.165, 1.54) is 4.90 Å². The van der Waals surface area contributed by atoms with E-state index < -0.39 is 0 Å². The highest BCUT2D eigenvalue weighted by Crippen LogP contribution is 2.23. The number of hydrogen-bond acceptors (Lipinski definition) is 3. The van der Waals surface area contributed by atoms with E-state index in [2.05, 4.69) is 5.32 Å². The van der Waals surface area contributed by atoms with Crippen LogP contribution in [0.1, 0.15) is 10.4 Å². The molecule has 6 heteroatoms. The lowest BCUT2D eigenvalue weighted by molar-refractivity contribution is -0.118. The lowest BCUT2D eigenvalue weighted by atomic mass is 10.2. The Bertz CT molecular complexity index is 699. The molecule has 0 bridgehead atoms. The molecule has 0 atom stereocenters. The van der Waals surface area contributed by atoms with Gasteiger partial charge in [-0.15, -0.1) is 0 Å². The second kappa shape index (κ2) is 7.65. The average molecular weight is 333 g/mol. The number of carbonyl (C=O) groups is 2. The van der Waals surface area contributed by atoms with E-state index in [1.54, 1.807) is 62.6 Å². The Balaban J connectivity index is 1.90. The highest BCUT2D eigenvalue weighted by molar-refractivity contribution is 6.32. The molecule has 0 radical (unpaired) electrons. The topological polar surface area (TPSA) is 58.6 Å². The van der Waals surface area contributed by atoms with Crippen LogP contribution in [0.15, 0.2) is 48.5 Å². The van der Waals surface area contributed by atoms with Gasteiger partial charge in [-0.25, -0.2) is 0 Å². The average Bonchev–Trinajstić information content (AvgIpc) is 2.54. The van der Waals surface area contributed by atoms with Crippen LogP contribution in [0.2, 0.25) is 5.02 Å². The van der Waals surface area contributed by atoms with E-state index >= 15 is 0 Å². The van der Waals surface area contributed by atoms with Crippen LogP contribution in [-0.4, -0.2) is 37.4 Å². The van der Waals surface area contributed by atoms with Gasteiger partial charge < -0.3 is 15.0 Å². The summed E-state index contributed by atoms with van der Waals surface area (Å²) >= 11 is 5.95. The zero-order valence-electron chi connectivity index (χ0n) is 12.9. The van der Waals surface area contributed by atoms with Crippen molar-refractivity contribution in [2.24, 2.45) is 0 Å². The van der Waals surface area contributed by atoms with Crippen LogP contribution in [0.3, 0.4) is 0 Å². The molecule has 2 amide bonds. The molecular formula is C17H17ClN2O3. The normalized spacial score (nSPS) is 10.0. The first-order valence-corrected chi connectivity index (χ1v) is 7.34. The third kappa shape index (κ3) is 4.72. The van der Waals surface area contributed by atoms with Gasteiger partial charge in [0.1, 0.15) is 5.75 Å². The molecule has 0 heterocycles. The largest absolute Gasteiger partial charge is 0.482 e. The Labute approximate surface area is 139 Å². The molecule has 0 aliphatic carbocycles. The summed E-state index contributed by atoms with van der Waals surface area (Å²) in [6, 6.07) is 13.6. The summed E-state index contributed by atoms with van der Waals surface area (Å²) < 4.78 is 5.36. The van der Waals surface area contributed by atoms with Gasteiger partial charge in [0.25, 0.3) is 11.8 Å². The molecule has 2 aromatic rings. The third-order valence-electron chi connectivity index (χ3n) is 3.02. The molecular weight excluding hydrogens is 316 g/mol. The zero-order chi connectivity index (χ0) is 16.8. The summed E-state index contributed by atoms with van der Waals surface area (Å²) in [5.74, 6) is 0.0535. The zero-order valence-corrected chi connectivity index (χ0v) is 13.6. The van der Waals surface area contributed by atoms with Crippen LogP contribution in [0.5, 0.6) is 5.75 Å². The molecule has 0 aliphatic rings. The van der Waals surface area contributed by atoms with Crippen LogP contribution in [-0.2, 0) is 4.79 Å². The minimum Gasteiger partial charge on any atom is -0.482 e. The van der Waals surface area contributed by atoms with E-state index in [-0.39, 0.29) is 18.4 Å². The van der Waals surface area contributed by atoms with Crippen molar-refractivity contribution in [3.8, 4) is 5.75 Å². The molecule has 120 valence electrons. The number of benzene rings is 2. The van der Waals surface area contributed by atoms with Crippen molar-refractivity contribution in [1.82, 2.24) is 4.90 Å². The summed E-state index contributed by atoms with van der Waals surface area (Å²) in [7, 11) is 3.37. The predicted molar refractivity (Wildman–Crippen MR) is 90.0 cm³/mol. The molecule has 0 spiro atoms. The number of anilines is 1. The summed E-state index contributed by atoms with van der Waals surface area (Å²) in [4.78, 5) is 25.1. The SMILES string of the molecule is CN(C)C(=O)c1ccc(NC(=O)COc2ccccc2Cl)cc1. The van der Waals surface area contributed by atoms with Gasteiger partial charge in [0, 0.05) is 25.3 Å². The van der Waals surface area contributed by atoms with Crippen LogP contribution < -0.4 is 10.1 Å². The molecule has 0 fully saturated rings. The van der Waals surface area contributed by atoms with Gasteiger partial charge in [-0.05, 0) is 36.4 Å². The quantitative estimate of drug-likeness (QED) is 0.915. The van der Waals surface area contributed by atoms with Gasteiger partial charge in [0.15, 0.2) is 6.61 Å². The molecule has 2 rings (SSSR count). The lowest BCUT2D eigenvalue weighted by Crippen LogP contribution is -2.22. The minimum atomic E-state index is -0.309. The van der Waals surface area contributed by atoms with Gasteiger partial charge in [0.05, 0.1) is 5.02 Å². The van der Waals surface area contributed by atoms with E-state index in [0.29, 0.717) is 22.0 Å². The molecule has 5 nitrogen and oxygen atoms in total. The highest BCUT2D eigenvalue weighted by atomic mass is 35.5. The van der Waals surface area contributed by atoms with Crippen LogP contribution in [0.25, 0.3) is 0 Å². The third-order valence-corrected chi connectivity index (χ3v) is 3.33. The molecule has 23 heavy (non-hydrogen) atoms. The van der Waals surface area contributed by atoms with E-state index in [0.717, 1.165) is 0 Å². The number of ether oxygens (including phenoxy) is 1. The van der Waals surface area contributed by atoms with Crippen molar-refractivity contribution in [3.63, 3.8) is 0 Å². The standard InChI is InChI=1S/C17H17ClN2O3/c1-20(2)17(22)12-7-9-13(10-8-12)19-16(21)11-23-15-6-4-3-5-14(15)18/h3-10H,11H2,1-2H3,(H,19,21). The maximum Gasteiger partial charge on any atom is 0.262 e. The second-order valence-electron chi connectivity index (χ2n) is 5.04. The number of carbonyl (C=O) groups excluding carboxylic acids is 2. The lowest BCUT2D eigenvalue weighted by Gasteiger charge is -2.11. The molecule has 0 saturated carbocycles. The summed E-state index contributed by atoms with van der Waals surface area (Å²) in [5.41, 5.74) is 1.15. The number of nitrogens with one attached hydrogen (secondary N) is 1. The van der Waals surface area contributed by atoms with E-state index in [1.807, 2.05) is 0 Å². The van der Waals surface area contributed by atoms with Crippen LogP contribution in [0.4, 0.5) is 5.69 Å². The van der Waals surface area contributed by atoms with Gasteiger partial charge in [-0.2, -0.15) is 0 Å². The number of rotatable bonds is 5. The smallest absolute Gasteiger partial charge is 0.262 e. The van der Waals surface area contributed by atoms with Crippen molar-refractivity contribution in [2.45, 2.75) is 0 Å². The Morgan fingerprint density at radius 1 is 1.09 bits per heavy atom. The van der Waals surface area contributed by atoms with E-state index in [4.69, 9.17) is 16.3 Å². The van der Waals surface area contributed by atoms with Crippen LogP contribution >= 0.6 is 11.6 Å². The molecule has 0 saturated heterocycles. The van der Waals surface area contributed by atoms with Crippen LogP contribution in [0, 0.1) is 0 Å². The number of hydrogen-bond donors (Lipinski definition) is 1. The van der Waals surface area contributed by atoms with Crippen molar-refractivity contribution >= 4 is 29.1 Å². The maximum atomic E-state index is 11.9. The summed E-state index contributed by atoms with van der Waals surface area (Å²) in [6.45, 7) is -0.151. The van der Waals surface area contributed by atoms with Crippen molar-refractivity contribution in [1.29, 1.82) is 0 Å². The number of amides is 2. The summed E-state index contributed by atoms with van der Waals surface area (Å²) in [5, 5.41) is 3.15. The second-order valence-corrected chi connectivity index (χ2v) is 5.45. The maximum absolute atomic E-state index is 11.9. The van der Waals surface area contributed by atoms with E-state index in [9.17, 15) is 9.59 Å². The Kier molecular flexibility index (Phi) is 5.60. The fraction of sp³-hybridized carbons (Fsp3) is 0.176.